The minimum absolute atomic E-state index is 0.199. The van der Waals surface area contributed by atoms with Gasteiger partial charge in [-0.1, -0.05) is 70.0 Å². The van der Waals surface area contributed by atoms with Gasteiger partial charge in [0.15, 0.2) is 0 Å². The second-order valence-corrected chi connectivity index (χ2v) is 10.3. The Labute approximate surface area is 214 Å². The van der Waals surface area contributed by atoms with Crippen molar-refractivity contribution in [1.82, 2.24) is 0 Å². The molecule has 0 unspecified atom stereocenters. The van der Waals surface area contributed by atoms with Crippen molar-refractivity contribution in [2.75, 3.05) is 4.90 Å². The fourth-order valence-corrected chi connectivity index (χ4v) is 5.96. The molecule has 1 aliphatic carbocycles. The molecule has 2 saturated heterocycles. The van der Waals surface area contributed by atoms with Gasteiger partial charge in [-0.15, -0.1) is 0 Å². The molecule has 3 aromatic rings. The highest BCUT2D eigenvalue weighted by molar-refractivity contribution is 9.10. The van der Waals surface area contributed by atoms with E-state index in [1.54, 1.807) is 73.7 Å². The maximum atomic E-state index is 14.0. The van der Waals surface area contributed by atoms with Crippen LogP contribution in [0.3, 0.4) is 0 Å². The second-order valence-electron chi connectivity index (χ2n) is 8.98. The molecule has 8 heteroatoms. The first kappa shape index (κ1) is 22.3. The van der Waals surface area contributed by atoms with E-state index in [4.69, 9.17) is 16.3 Å². The number of rotatable bonds is 2. The molecule has 0 bridgehead atoms. The number of carbonyl (C=O) groups is 4. The largest absolute Gasteiger partial charge is 0.349 e. The van der Waals surface area contributed by atoms with Crippen molar-refractivity contribution < 1.29 is 23.9 Å². The molecule has 3 aliphatic rings. The monoisotopic (exact) mass is 549 g/mol. The number of Topliss-reactive ketones (excluding diaryl/α,β-unsaturated/α-hetero) is 2. The van der Waals surface area contributed by atoms with Crippen LogP contribution < -0.4 is 4.90 Å². The normalized spacial score (nSPS) is 24.4. The van der Waals surface area contributed by atoms with Crippen LogP contribution in [0, 0.1) is 18.8 Å². The fraction of sp³-hybridized carbons (Fsp3) is 0.185. The number of aryl methyl sites for hydroxylation is 1. The van der Waals surface area contributed by atoms with Gasteiger partial charge in [-0.05, 0) is 42.3 Å². The highest BCUT2D eigenvalue weighted by Gasteiger charge is 2.74. The minimum Gasteiger partial charge on any atom is -0.349 e. The van der Waals surface area contributed by atoms with Crippen molar-refractivity contribution in [3.63, 3.8) is 0 Å². The Balaban J connectivity index is 1.56. The number of hydrogen-bond donors (Lipinski definition) is 0. The van der Waals surface area contributed by atoms with Crippen LogP contribution in [0.15, 0.2) is 71.2 Å². The molecule has 0 N–H and O–H groups in total. The summed E-state index contributed by atoms with van der Waals surface area (Å²) in [7, 11) is 0. The van der Waals surface area contributed by atoms with E-state index in [0.717, 1.165) is 9.37 Å². The molecule has 0 saturated carbocycles. The number of ketones is 2. The van der Waals surface area contributed by atoms with Crippen LogP contribution in [-0.2, 0) is 14.3 Å². The van der Waals surface area contributed by atoms with E-state index < -0.39 is 46.9 Å². The van der Waals surface area contributed by atoms with Gasteiger partial charge in [-0.2, -0.15) is 0 Å². The van der Waals surface area contributed by atoms with Gasteiger partial charge in [-0.3, -0.25) is 19.2 Å². The lowest BCUT2D eigenvalue weighted by Crippen LogP contribution is -2.51. The van der Waals surface area contributed by atoms with Gasteiger partial charge in [0, 0.05) is 20.6 Å². The highest BCUT2D eigenvalue weighted by atomic mass is 79.9. The first-order valence-corrected chi connectivity index (χ1v) is 12.2. The number of benzene rings is 3. The van der Waals surface area contributed by atoms with Gasteiger partial charge in [0.2, 0.25) is 29.0 Å². The molecular formula is C27H17BrClNO5. The Bertz CT molecular complexity index is 1430. The van der Waals surface area contributed by atoms with Crippen molar-refractivity contribution in [2.45, 2.75) is 18.6 Å². The van der Waals surface area contributed by atoms with Crippen LogP contribution in [0.1, 0.15) is 37.9 Å². The average molecular weight is 551 g/mol. The zero-order chi connectivity index (χ0) is 24.6. The summed E-state index contributed by atoms with van der Waals surface area (Å²) in [5.41, 5.74) is -0.0983. The Hall–Kier alpha value is -3.13. The molecule has 2 amide bonds. The summed E-state index contributed by atoms with van der Waals surface area (Å²) in [5, 5.41) is 0.360. The van der Waals surface area contributed by atoms with Crippen LogP contribution in [0.4, 0.5) is 5.69 Å². The van der Waals surface area contributed by atoms with E-state index in [1.165, 1.54) is 0 Å². The summed E-state index contributed by atoms with van der Waals surface area (Å²) < 4.78 is 7.10. The lowest BCUT2D eigenvalue weighted by atomic mass is 9.77. The number of amides is 2. The van der Waals surface area contributed by atoms with E-state index in [-0.39, 0.29) is 11.1 Å². The predicted octanol–water partition coefficient (Wildman–Crippen LogP) is 5.11. The van der Waals surface area contributed by atoms with E-state index in [1.807, 2.05) is 0 Å². The van der Waals surface area contributed by atoms with E-state index in [0.29, 0.717) is 21.8 Å². The van der Waals surface area contributed by atoms with Crippen LogP contribution in [-0.4, -0.2) is 29.0 Å². The third-order valence-corrected chi connectivity index (χ3v) is 7.89. The molecule has 6 rings (SSSR count). The summed E-state index contributed by atoms with van der Waals surface area (Å²) in [4.78, 5) is 56.4. The van der Waals surface area contributed by atoms with Gasteiger partial charge in [0.05, 0.1) is 23.6 Å². The molecule has 0 aromatic heterocycles. The molecular weight excluding hydrogens is 534 g/mol. The minimum atomic E-state index is -2.10. The Morgan fingerprint density at radius 2 is 1.51 bits per heavy atom. The maximum absolute atomic E-state index is 14.0. The van der Waals surface area contributed by atoms with Gasteiger partial charge in [0.1, 0.15) is 0 Å². The van der Waals surface area contributed by atoms with Crippen LogP contribution in [0.5, 0.6) is 0 Å². The number of imide groups is 1. The van der Waals surface area contributed by atoms with Gasteiger partial charge >= 0.3 is 0 Å². The Kier molecular flexibility index (Phi) is 4.90. The second kappa shape index (κ2) is 7.68. The third-order valence-electron chi connectivity index (χ3n) is 7.13. The van der Waals surface area contributed by atoms with Crippen LogP contribution >= 0.6 is 27.5 Å². The standard InChI is InChI=1S/C27H17BrClNO5/c1-13-6-11-16(29)12-19(13)30-25(33)20-21(26(30)34)27(35-22(20)14-7-9-15(28)10-8-14)23(31)17-4-2-3-5-18(17)24(27)32/h2-12,20-22H,1H3/t20-,21-,22+/m0/s1. The molecule has 1 spiro atoms. The summed E-state index contributed by atoms with van der Waals surface area (Å²) in [6, 6.07) is 18.4. The number of fused-ring (bicyclic) bond motifs is 3. The number of hydrogen-bond acceptors (Lipinski definition) is 5. The molecule has 3 atom stereocenters. The summed E-state index contributed by atoms with van der Waals surface area (Å²) in [5.74, 6) is -4.68. The number of ether oxygens (including phenoxy) is 1. The first-order valence-electron chi connectivity index (χ1n) is 11.0. The molecule has 2 heterocycles. The number of halogens is 2. The predicted molar refractivity (Wildman–Crippen MR) is 131 cm³/mol. The highest BCUT2D eigenvalue weighted by Crippen LogP contribution is 2.58. The molecule has 2 aliphatic heterocycles. The maximum Gasteiger partial charge on any atom is 0.241 e. The number of carbonyl (C=O) groups excluding carboxylic acids is 4. The smallest absolute Gasteiger partial charge is 0.241 e. The number of anilines is 1. The third kappa shape index (κ3) is 2.92. The molecule has 2 fully saturated rings. The van der Waals surface area contributed by atoms with Crippen molar-refractivity contribution >= 4 is 56.6 Å². The topological polar surface area (TPSA) is 80.8 Å². The molecule has 6 nitrogen and oxygen atoms in total. The lowest BCUT2D eigenvalue weighted by molar-refractivity contribution is -0.127. The molecule has 174 valence electrons. The Morgan fingerprint density at radius 3 is 2.14 bits per heavy atom. The van der Waals surface area contributed by atoms with E-state index in [9.17, 15) is 19.2 Å². The van der Waals surface area contributed by atoms with Crippen molar-refractivity contribution in [3.05, 3.63) is 98.5 Å². The zero-order valence-corrected chi connectivity index (χ0v) is 20.7. The van der Waals surface area contributed by atoms with Crippen molar-refractivity contribution in [1.29, 1.82) is 0 Å². The Morgan fingerprint density at radius 1 is 0.886 bits per heavy atom. The number of nitrogens with zero attached hydrogens (tertiary/aromatic N) is 1. The molecule has 35 heavy (non-hydrogen) atoms. The quantitative estimate of drug-likeness (QED) is 0.327. The van der Waals surface area contributed by atoms with Crippen LogP contribution in [0.25, 0.3) is 0 Å². The molecule has 3 aromatic carbocycles. The average Bonchev–Trinajstić information content (AvgIpc) is 3.41. The first-order chi connectivity index (χ1) is 16.8. The summed E-state index contributed by atoms with van der Waals surface area (Å²) >= 11 is 9.59. The van der Waals surface area contributed by atoms with Gasteiger partial charge in [-0.25, -0.2) is 4.90 Å². The van der Waals surface area contributed by atoms with Crippen molar-refractivity contribution in [2.24, 2.45) is 11.8 Å². The lowest BCUT2D eigenvalue weighted by Gasteiger charge is -2.27. The van der Waals surface area contributed by atoms with Crippen LogP contribution in [0.2, 0.25) is 5.02 Å². The van der Waals surface area contributed by atoms with Gasteiger partial charge < -0.3 is 4.74 Å². The van der Waals surface area contributed by atoms with Gasteiger partial charge in [0.25, 0.3) is 0 Å². The molecule has 0 radical (unpaired) electrons. The summed E-state index contributed by atoms with van der Waals surface area (Å²) in [6.07, 6.45) is -0.962. The van der Waals surface area contributed by atoms with E-state index in [2.05, 4.69) is 15.9 Å². The van der Waals surface area contributed by atoms with E-state index >= 15 is 0 Å². The zero-order valence-electron chi connectivity index (χ0n) is 18.3. The summed E-state index contributed by atoms with van der Waals surface area (Å²) in [6.45, 7) is 1.76. The fourth-order valence-electron chi connectivity index (χ4n) is 5.53. The SMILES string of the molecule is Cc1ccc(Cl)cc1N1C(=O)[C@@H]2[C@@H](c3ccc(Br)cc3)OC3(C(=O)c4ccccc4C3=O)[C@@H]2C1=O. The van der Waals surface area contributed by atoms with Crippen molar-refractivity contribution in [3.8, 4) is 0 Å².